The van der Waals surface area contributed by atoms with Crippen LogP contribution in [0.2, 0.25) is 0 Å². The summed E-state index contributed by atoms with van der Waals surface area (Å²) >= 11 is 0. The van der Waals surface area contributed by atoms with Gasteiger partial charge in [0, 0.05) is 18.0 Å². The fraction of sp³-hybridized carbons (Fsp3) is 0.917. The van der Waals surface area contributed by atoms with Gasteiger partial charge in [-0.2, -0.15) is 13.2 Å². The second-order valence-electron chi connectivity index (χ2n) is 5.04. The van der Waals surface area contributed by atoms with Crippen LogP contribution in [0.25, 0.3) is 0 Å². The zero-order valence-corrected chi connectivity index (χ0v) is 11.2. The van der Waals surface area contributed by atoms with Crippen LogP contribution in [0.1, 0.15) is 46.5 Å². The van der Waals surface area contributed by atoms with Gasteiger partial charge in [0.2, 0.25) is 5.91 Å². The Hall–Kier alpha value is -0.780. The summed E-state index contributed by atoms with van der Waals surface area (Å²) in [6, 6.07) is -0.794. The molecule has 0 aliphatic heterocycles. The van der Waals surface area contributed by atoms with E-state index in [4.69, 9.17) is 5.73 Å². The summed E-state index contributed by atoms with van der Waals surface area (Å²) in [5.74, 6) is -0.601. The van der Waals surface area contributed by atoms with Gasteiger partial charge in [-0.3, -0.25) is 4.79 Å². The standard InChI is InChI=1S/C12H23F3N2O/c1-8(5-4-6-9(2)16)11(18)17-10(3)7-12(13,14)15/h8-10H,4-7,16H2,1-3H3,(H,17,18). The van der Waals surface area contributed by atoms with Crippen molar-refractivity contribution in [3.05, 3.63) is 0 Å². The Morgan fingerprint density at radius 3 is 2.22 bits per heavy atom. The molecule has 0 aromatic carbocycles. The van der Waals surface area contributed by atoms with Gasteiger partial charge in [0.05, 0.1) is 6.42 Å². The molecule has 0 rings (SSSR count). The van der Waals surface area contributed by atoms with Crippen molar-refractivity contribution in [3.63, 3.8) is 0 Å². The van der Waals surface area contributed by atoms with Crippen molar-refractivity contribution in [1.29, 1.82) is 0 Å². The highest BCUT2D eigenvalue weighted by Crippen LogP contribution is 2.21. The Morgan fingerprint density at radius 1 is 1.22 bits per heavy atom. The fourth-order valence-electron chi connectivity index (χ4n) is 1.66. The largest absolute Gasteiger partial charge is 0.391 e. The Morgan fingerprint density at radius 2 is 1.78 bits per heavy atom. The van der Waals surface area contributed by atoms with Gasteiger partial charge in [0.1, 0.15) is 0 Å². The molecule has 6 heteroatoms. The quantitative estimate of drug-likeness (QED) is 0.745. The van der Waals surface area contributed by atoms with Crippen molar-refractivity contribution in [2.24, 2.45) is 11.7 Å². The second kappa shape index (κ2) is 7.61. The first kappa shape index (κ1) is 17.2. The predicted molar refractivity (Wildman–Crippen MR) is 64.9 cm³/mol. The van der Waals surface area contributed by atoms with E-state index in [1.807, 2.05) is 6.92 Å². The molecule has 1 amide bonds. The molecular weight excluding hydrogens is 245 g/mol. The fourth-order valence-corrected chi connectivity index (χ4v) is 1.66. The zero-order chi connectivity index (χ0) is 14.3. The molecule has 3 nitrogen and oxygen atoms in total. The predicted octanol–water partition coefficient (Wildman–Crippen LogP) is 2.60. The zero-order valence-electron chi connectivity index (χ0n) is 11.2. The lowest BCUT2D eigenvalue weighted by Crippen LogP contribution is -2.38. The van der Waals surface area contributed by atoms with E-state index in [1.54, 1.807) is 6.92 Å². The summed E-state index contributed by atoms with van der Waals surface area (Å²) < 4.78 is 36.3. The summed E-state index contributed by atoms with van der Waals surface area (Å²) in [6.45, 7) is 4.97. The van der Waals surface area contributed by atoms with Gasteiger partial charge >= 0.3 is 6.18 Å². The molecule has 3 atom stereocenters. The van der Waals surface area contributed by atoms with Crippen LogP contribution in [-0.2, 0) is 4.79 Å². The van der Waals surface area contributed by atoms with E-state index in [9.17, 15) is 18.0 Å². The highest BCUT2D eigenvalue weighted by Gasteiger charge is 2.31. The summed E-state index contributed by atoms with van der Waals surface area (Å²) in [5.41, 5.74) is 5.58. The van der Waals surface area contributed by atoms with Crippen molar-refractivity contribution in [1.82, 2.24) is 5.32 Å². The number of amides is 1. The van der Waals surface area contributed by atoms with Crippen LogP contribution >= 0.6 is 0 Å². The third-order valence-corrected chi connectivity index (χ3v) is 2.67. The number of carbonyl (C=O) groups excluding carboxylic acids is 1. The van der Waals surface area contributed by atoms with E-state index >= 15 is 0 Å². The number of rotatable bonds is 7. The van der Waals surface area contributed by atoms with E-state index in [0.717, 1.165) is 12.8 Å². The van der Waals surface area contributed by atoms with Gasteiger partial charge in [0.15, 0.2) is 0 Å². The first-order valence-corrected chi connectivity index (χ1v) is 6.24. The van der Waals surface area contributed by atoms with Crippen LogP contribution in [0.4, 0.5) is 13.2 Å². The monoisotopic (exact) mass is 268 g/mol. The lowest BCUT2D eigenvalue weighted by atomic mass is 10.0. The van der Waals surface area contributed by atoms with Crippen LogP contribution in [0.3, 0.4) is 0 Å². The molecule has 0 saturated heterocycles. The third-order valence-electron chi connectivity index (χ3n) is 2.67. The third kappa shape index (κ3) is 9.27. The molecule has 3 N–H and O–H groups in total. The molecule has 0 aliphatic rings. The average molecular weight is 268 g/mol. The first-order valence-electron chi connectivity index (χ1n) is 6.24. The number of nitrogens with two attached hydrogens (primary N) is 1. The molecule has 0 bridgehead atoms. The maximum atomic E-state index is 12.1. The van der Waals surface area contributed by atoms with Gasteiger partial charge in [-0.05, 0) is 26.7 Å². The minimum absolute atomic E-state index is 0.0874. The van der Waals surface area contributed by atoms with Gasteiger partial charge in [-0.25, -0.2) is 0 Å². The highest BCUT2D eigenvalue weighted by atomic mass is 19.4. The summed E-state index contributed by atoms with van der Waals surface area (Å²) in [4.78, 5) is 11.6. The molecule has 0 heterocycles. The summed E-state index contributed by atoms with van der Waals surface area (Å²) in [7, 11) is 0. The Labute approximate surface area is 106 Å². The Bertz CT molecular complexity index is 254. The molecule has 0 fully saturated rings. The van der Waals surface area contributed by atoms with E-state index in [0.29, 0.717) is 6.42 Å². The number of nitrogens with one attached hydrogen (secondary N) is 1. The minimum atomic E-state index is -4.25. The minimum Gasteiger partial charge on any atom is -0.353 e. The number of halogens is 3. The number of carbonyl (C=O) groups is 1. The Kier molecular flexibility index (Phi) is 7.28. The average Bonchev–Trinajstić information content (AvgIpc) is 2.13. The molecule has 0 aromatic rings. The molecule has 108 valence electrons. The molecule has 18 heavy (non-hydrogen) atoms. The van der Waals surface area contributed by atoms with Crippen molar-refractivity contribution in [3.8, 4) is 0 Å². The molecule has 0 spiro atoms. The first-order chi connectivity index (χ1) is 8.11. The van der Waals surface area contributed by atoms with E-state index in [1.165, 1.54) is 6.92 Å². The number of alkyl halides is 3. The molecule has 3 unspecified atom stereocenters. The van der Waals surface area contributed by atoms with E-state index < -0.39 is 18.6 Å². The molecule has 0 aromatic heterocycles. The lowest BCUT2D eigenvalue weighted by Gasteiger charge is -2.19. The summed E-state index contributed by atoms with van der Waals surface area (Å²) in [6.07, 6.45) is -2.97. The molecule has 0 saturated carbocycles. The second-order valence-corrected chi connectivity index (χ2v) is 5.04. The highest BCUT2D eigenvalue weighted by molar-refractivity contribution is 5.78. The van der Waals surface area contributed by atoms with Crippen LogP contribution in [0, 0.1) is 5.92 Å². The normalized spacial score (nSPS) is 17.1. The molecule has 0 radical (unpaired) electrons. The van der Waals surface area contributed by atoms with Crippen LogP contribution in [0.15, 0.2) is 0 Å². The lowest BCUT2D eigenvalue weighted by molar-refractivity contribution is -0.142. The van der Waals surface area contributed by atoms with Crippen molar-refractivity contribution in [2.45, 2.75) is 64.7 Å². The number of hydrogen-bond donors (Lipinski definition) is 2. The van der Waals surface area contributed by atoms with Crippen molar-refractivity contribution < 1.29 is 18.0 Å². The van der Waals surface area contributed by atoms with Gasteiger partial charge < -0.3 is 11.1 Å². The maximum Gasteiger partial charge on any atom is 0.391 e. The van der Waals surface area contributed by atoms with Crippen molar-refractivity contribution >= 4 is 5.91 Å². The SMILES string of the molecule is CC(N)CCCC(C)C(=O)NC(C)CC(F)(F)F. The molecule has 0 aliphatic carbocycles. The van der Waals surface area contributed by atoms with Crippen LogP contribution < -0.4 is 11.1 Å². The van der Waals surface area contributed by atoms with E-state index in [2.05, 4.69) is 5.32 Å². The topological polar surface area (TPSA) is 55.1 Å². The molecular formula is C12H23F3N2O. The summed E-state index contributed by atoms with van der Waals surface area (Å²) in [5, 5.41) is 2.38. The van der Waals surface area contributed by atoms with Gasteiger partial charge in [0.25, 0.3) is 0 Å². The smallest absolute Gasteiger partial charge is 0.353 e. The Balaban J connectivity index is 3.93. The number of hydrogen-bond acceptors (Lipinski definition) is 2. The van der Waals surface area contributed by atoms with Gasteiger partial charge in [-0.15, -0.1) is 0 Å². The van der Waals surface area contributed by atoms with Crippen LogP contribution in [0.5, 0.6) is 0 Å². The van der Waals surface area contributed by atoms with Gasteiger partial charge in [-0.1, -0.05) is 13.3 Å². The van der Waals surface area contributed by atoms with E-state index in [-0.39, 0.29) is 17.9 Å². The van der Waals surface area contributed by atoms with Crippen molar-refractivity contribution in [2.75, 3.05) is 0 Å². The maximum absolute atomic E-state index is 12.1. The van der Waals surface area contributed by atoms with Crippen LogP contribution in [-0.4, -0.2) is 24.2 Å².